The van der Waals surface area contributed by atoms with Crippen LogP contribution in [0, 0.1) is 19.8 Å². The molecule has 1 aliphatic carbocycles. The van der Waals surface area contributed by atoms with Gasteiger partial charge in [-0.3, -0.25) is 4.79 Å². The minimum Gasteiger partial charge on any atom is -0.480 e. The normalized spacial score (nSPS) is 15.9. The number of benzene rings is 1. The van der Waals surface area contributed by atoms with Crippen molar-refractivity contribution in [1.82, 2.24) is 9.55 Å². The monoisotopic (exact) mass is 286 g/mol. The number of hydrogen-bond donors (Lipinski definition) is 1. The van der Waals surface area contributed by atoms with Crippen LogP contribution in [0.5, 0.6) is 0 Å². The van der Waals surface area contributed by atoms with E-state index in [2.05, 4.69) is 26.0 Å². The highest BCUT2D eigenvalue weighted by Gasteiger charge is 2.21. The lowest BCUT2D eigenvalue weighted by molar-refractivity contribution is -0.137. The number of aryl methyl sites for hydroxylation is 2. The Labute approximate surface area is 124 Å². The Morgan fingerprint density at radius 3 is 2.62 bits per heavy atom. The first-order valence-corrected chi connectivity index (χ1v) is 7.72. The first kappa shape index (κ1) is 14.1. The summed E-state index contributed by atoms with van der Waals surface area (Å²) in [6, 6.07) is 4.14. The molecule has 1 aromatic heterocycles. The summed E-state index contributed by atoms with van der Waals surface area (Å²) in [4.78, 5) is 15.9. The molecule has 1 fully saturated rings. The fourth-order valence-electron chi connectivity index (χ4n) is 3.37. The second-order valence-corrected chi connectivity index (χ2v) is 6.29. The van der Waals surface area contributed by atoms with Crippen LogP contribution in [0.3, 0.4) is 0 Å². The molecule has 1 heterocycles. The SMILES string of the molecule is Cc1cc2nc(CC3CCCC3)n(CC(=O)O)c2cc1C. The second-order valence-electron chi connectivity index (χ2n) is 6.29. The molecule has 1 aliphatic rings. The molecular weight excluding hydrogens is 264 g/mol. The molecule has 0 saturated heterocycles. The van der Waals surface area contributed by atoms with Crippen LogP contribution in [0.4, 0.5) is 0 Å². The van der Waals surface area contributed by atoms with Crippen molar-refractivity contribution in [3.8, 4) is 0 Å². The zero-order valence-corrected chi connectivity index (χ0v) is 12.7. The Morgan fingerprint density at radius 2 is 1.95 bits per heavy atom. The maximum Gasteiger partial charge on any atom is 0.323 e. The van der Waals surface area contributed by atoms with E-state index in [4.69, 9.17) is 4.98 Å². The third kappa shape index (κ3) is 2.80. The highest BCUT2D eigenvalue weighted by molar-refractivity contribution is 5.80. The van der Waals surface area contributed by atoms with Crippen LogP contribution in [0.2, 0.25) is 0 Å². The number of rotatable bonds is 4. The second kappa shape index (κ2) is 5.51. The van der Waals surface area contributed by atoms with E-state index in [1.807, 2.05) is 4.57 Å². The van der Waals surface area contributed by atoms with Crippen molar-refractivity contribution in [1.29, 1.82) is 0 Å². The first-order chi connectivity index (χ1) is 10.0. The van der Waals surface area contributed by atoms with Crippen molar-refractivity contribution in [2.24, 2.45) is 5.92 Å². The van der Waals surface area contributed by atoms with Crippen LogP contribution < -0.4 is 0 Å². The Kier molecular flexibility index (Phi) is 3.70. The molecule has 0 bridgehead atoms. The first-order valence-electron chi connectivity index (χ1n) is 7.72. The highest BCUT2D eigenvalue weighted by atomic mass is 16.4. The molecule has 0 aliphatic heterocycles. The molecule has 4 nitrogen and oxygen atoms in total. The van der Waals surface area contributed by atoms with Gasteiger partial charge in [-0.1, -0.05) is 25.7 Å². The van der Waals surface area contributed by atoms with Crippen LogP contribution in [0.15, 0.2) is 12.1 Å². The third-order valence-corrected chi connectivity index (χ3v) is 4.68. The zero-order valence-electron chi connectivity index (χ0n) is 12.7. The lowest BCUT2D eigenvalue weighted by Gasteiger charge is -2.11. The zero-order chi connectivity index (χ0) is 15.0. The van der Waals surface area contributed by atoms with Crippen LogP contribution in [0.25, 0.3) is 11.0 Å². The van der Waals surface area contributed by atoms with Gasteiger partial charge in [0.1, 0.15) is 12.4 Å². The van der Waals surface area contributed by atoms with E-state index in [9.17, 15) is 9.90 Å². The number of carboxylic acids is 1. The topological polar surface area (TPSA) is 55.1 Å². The van der Waals surface area contributed by atoms with Gasteiger partial charge in [-0.25, -0.2) is 4.98 Å². The average Bonchev–Trinajstić information content (AvgIpc) is 3.01. The fourth-order valence-corrected chi connectivity index (χ4v) is 3.37. The Morgan fingerprint density at radius 1 is 1.29 bits per heavy atom. The van der Waals surface area contributed by atoms with E-state index in [-0.39, 0.29) is 6.54 Å². The minimum atomic E-state index is -0.805. The summed E-state index contributed by atoms with van der Waals surface area (Å²) in [5.74, 6) is 0.793. The molecule has 21 heavy (non-hydrogen) atoms. The number of carboxylic acid groups (broad SMARTS) is 1. The van der Waals surface area contributed by atoms with E-state index in [0.717, 1.165) is 23.3 Å². The number of nitrogens with zero attached hydrogens (tertiary/aromatic N) is 2. The van der Waals surface area contributed by atoms with Gasteiger partial charge in [-0.15, -0.1) is 0 Å². The maximum atomic E-state index is 11.2. The average molecular weight is 286 g/mol. The number of fused-ring (bicyclic) bond motifs is 1. The number of hydrogen-bond acceptors (Lipinski definition) is 2. The minimum absolute atomic E-state index is 0.00105. The van der Waals surface area contributed by atoms with Crippen molar-refractivity contribution >= 4 is 17.0 Å². The highest BCUT2D eigenvalue weighted by Crippen LogP contribution is 2.29. The molecule has 1 saturated carbocycles. The summed E-state index contributed by atoms with van der Waals surface area (Å²) in [6.45, 7) is 4.13. The molecule has 2 aromatic rings. The Hall–Kier alpha value is -1.84. The predicted octanol–water partition coefficient (Wildman–Crippen LogP) is 3.47. The van der Waals surface area contributed by atoms with Crippen molar-refractivity contribution in [2.75, 3.05) is 0 Å². The molecule has 0 amide bonds. The van der Waals surface area contributed by atoms with Crippen molar-refractivity contribution in [2.45, 2.75) is 52.5 Å². The van der Waals surface area contributed by atoms with Crippen LogP contribution >= 0.6 is 0 Å². The van der Waals surface area contributed by atoms with Gasteiger partial charge >= 0.3 is 5.97 Å². The van der Waals surface area contributed by atoms with Crippen molar-refractivity contribution in [3.63, 3.8) is 0 Å². The summed E-state index contributed by atoms with van der Waals surface area (Å²) in [7, 11) is 0. The van der Waals surface area contributed by atoms with Gasteiger partial charge in [0.2, 0.25) is 0 Å². The van der Waals surface area contributed by atoms with E-state index < -0.39 is 5.97 Å². The number of carbonyl (C=O) groups is 1. The van der Waals surface area contributed by atoms with Crippen molar-refractivity contribution in [3.05, 3.63) is 29.1 Å². The fraction of sp³-hybridized carbons (Fsp3) is 0.529. The van der Waals surface area contributed by atoms with E-state index in [0.29, 0.717) is 5.92 Å². The lowest BCUT2D eigenvalue weighted by atomic mass is 10.0. The van der Waals surface area contributed by atoms with Gasteiger partial charge in [0, 0.05) is 6.42 Å². The van der Waals surface area contributed by atoms with Gasteiger partial charge in [0.25, 0.3) is 0 Å². The molecule has 112 valence electrons. The number of aliphatic carboxylic acids is 1. The molecular formula is C17H22N2O2. The number of imidazole rings is 1. The molecule has 3 rings (SSSR count). The van der Waals surface area contributed by atoms with Gasteiger partial charge in [0.05, 0.1) is 11.0 Å². The van der Waals surface area contributed by atoms with E-state index in [1.165, 1.54) is 36.8 Å². The van der Waals surface area contributed by atoms with Gasteiger partial charge in [-0.05, 0) is 43.0 Å². The van der Waals surface area contributed by atoms with Gasteiger partial charge < -0.3 is 9.67 Å². The van der Waals surface area contributed by atoms with Crippen LogP contribution in [-0.4, -0.2) is 20.6 Å². The summed E-state index contributed by atoms with van der Waals surface area (Å²) < 4.78 is 1.89. The molecule has 4 heteroatoms. The van der Waals surface area contributed by atoms with Crippen molar-refractivity contribution < 1.29 is 9.90 Å². The Balaban J connectivity index is 2.05. The summed E-state index contributed by atoms with van der Waals surface area (Å²) in [5.41, 5.74) is 4.26. The molecule has 1 N–H and O–H groups in total. The molecule has 0 atom stereocenters. The van der Waals surface area contributed by atoms with Crippen LogP contribution in [0.1, 0.15) is 42.6 Å². The lowest BCUT2D eigenvalue weighted by Crippen LogP contribution is -2.14. The van der Waals surface area contributed by atoms with E-state index in [1.54, 1.807) is 0 Å². The summed E-state index contributed by atoms with van der Waals surface area (Å²) in [6.07, 6.45) is 5.98. The molecule has 1 aromatic carbocycles. The van der Waals surface area contributed by atoms with E-state index >= 15 is 0 Å². The third-order valence-electron chi connectivity index (χ3n) is 4.68. The predicted molar refractivity (Wildman–Crippen MR) is 82.5 cm³/mol. The maximum absolute atomic E-state index is 11.2. The quantitative estimate of drug-likeness (QED) is 0.936. The molecule has 0 spiro atoms. The Bertz CT molecular complexity index is 682. The number of aromatic nitrogens is 2. The van der Waals surface area contributed by atoms with Gasteiger partial charge in [0.15, 0.2) is 0 Å². The summed E-state index contributed by atoms with van der Waals surface area (Å²) in [5, 5.41) is 9.21. The summed E-state index contributed by atoms with van der Waals surface area (Å²) >= 11 is 0. The largest absolute Gasteiger partial charge is 0.480 e. The van der Waals surface area contributed by atoms with Gasteiger partial charge in [-0.2, -0.15) is 0 Å². The smallest absolute Gasteiger partial charge is 0.323 e. The molecule has 0 radical (unpaired) electrons. The molecule has 0 unspecified atom stereocenters. The standard InChI is InChI=1S/C17H22N2O2/c1-11-7-14-15(8-12(11)2)19(10-17(20)21)16(18-14)9-13-5-3-4-6-13/h7-8,13H,3-6,9-10H2,1-2H3,(H,20,21). The van der Waals surface area contributed by atoms with Crippen LogP contribution in [-0.2, 0) is 17.8 Å².